The van der Waals surface area contributed by atoms with E-state index >= 15 is 0 Å². The first-order chi connectivity index (χ1) is 7.88. The van der Waals surface area contributed by atoms with Gasteiger partial charge in [-0.1, -0.05) is 11.6 Å². The molecule has 0 bridgehead atoms. The van der Waals surface area contributed by atoms with Gasteiger partial charge in [0.15, 0.2) is 9.84 Å². The molecule has 0 saturated heterocycles. The van der Waals surface area contributed by atoms with Crippen molar-refractivity contribution in [2.45, 2.75) is 11.3 Å². The third kappa shape index (κ3) is 3.41. The first-order valence-electron chi connectivity index (χ1n) is 4.70. The number of rotatable bonds is 5. The summed E-state index contributed by atoms with van der Waals surface area (Å²) >= 11 is 5.70. The van der Waals surface area contributed by atoms with Gasteiger partial charge in [0.25, 0.3) is 0 Å². The molecule has 4 nitrogen and oxygen atoms in total. The third-order valence-electron chi connectivity index (χ3n) is 2.06. The Bertz CT molecular complexity index is 527. The molecule has 0 unspecified atom stereocenters. The lowest BCUT2D eigenvalue weighted by Crippen LogP contribution is -2.09. The van der Waals surface area contributed by atoms with E-state index in [9.17, 15) is 17.6 Å². The minimum absolute atomic E-state index is 0.0612. The summed E-state index contributed by atoms with van der Waals surface area (Å²) in [6.45, 7) is -0.754. The molecule has 0 aromatic heterocycles. The average Bonchev–Trinajstić information content (AvgIpc) is 2.26. The highest BCUT2D eigenvalue weighted by Crippen LogP contribution is 2.24. The number of hydrogen-bond acceptors (Lipinski definition) is 3. The first kappa shape index (κ1) is 13.9. The van der Waals surface area contributed by atoms with Crippen LogP contribution in [0.1, 0.15) is 16.8 Å². The highest BCUT2D eigenvalue weighted by atomic mass is 35.5. The van der Waals surface area contributed by atoms with Gasteiger partial charge in [-0.05, 0) is 24.6 Å². The van der Waals surface area contributed by atoms with E-state index in [0.717, 1.165) is 6.07 Å². The van der Waals surface area contributed by atoms with Crippen LogP contribution in [0.5, 0.6) is 0 Å². The Hall–Kier alpha value is -1.14. The van der Waals surface area contributed by atoms with E-state index in [1.54, 1.807) is 0 Å². The van der Waals surface area contributed by atoms with Crippen molar-refractivity contribution < 1.29 is 22.7 Å². The topological polar surface area (TPSA) is 71.4 Å². The van der Waals surface area contributed by atoms with Crippen LogP contribution in [0, 0.1) is 0 Å². The van der Waals surface area contributed by atoms with Crippen LogP contribution in [0.25, 0.3) is 0 Å². The van der Waals surface area contributed by atoms with Gasteiger partial charge in [-0.2, -0.15) is 0 Å². The number of benzene rings is 1. The molecule has 7 heteroatoms. The molecular formula is C10H10ClFO4S. The molecule has 0 spiro atoms. The summed E-state index contributed by atoms with van der Waals surface area (Å²) in [6, 6.07) is 3.39. The zero-order valence-electron chi connectivity index (χ0n) is 8.69. The monoisotopic (exact) mass is 280 g/mol. The minimum Gasteiger partial charge on any atom is -0.478 e. The van der Waals surface area contributed by atoms with E-state index in [1.807, 2.05) is 0 Å². The molecule has 1 rings (SSSR count). The van der Waals surface area contributed by atoms with Gasteiger partial charge in [0.05, 0.1) is 27.9 Å². The molecule has 1 N–H and O–H groups in total. The van der Waals surface area contributed by atoms with E-state index in [2.05, 4.69) is 0 Å². The Morgan fingerprint density at radius 2 is 2.06 bits per heavy atom. The van der Waals surface area contributed by atoms with Crippen LogP contribution >= 0.6 is 11.6 Å². The first-order valence-corrected chi connectivity index (χ1v) is 6.73. The van der Waals surface area contributed by atoms with Crippen LogP contribution in [0.3, 0.4) is 0 Å². The van der Waals surface area contributed by atoms with Crippen molar-refractivity contribution in [2.24, 2.45) is 0 Å². The van der Waals surface area contributed by atoms with Gasteiger partial charge in [-0.3, -0.25) is 4.39 Å². The quantitative estimate of drug-likeness (QED) is 0.897. The second-order valence-corrected chi connectivity index (χ2v) is 5.80. The van der Waals surface area contributed by atoms with Crippen molar-refractivity contribution in [1.29, 1.82) is 0 Å². The molecule has 1 aromatic rings. The van der Waals surface area contributed by atoms with Gasteiger partial charge in [-0.25, -0.2) is 13.2 Å². The Morgan fingerprint density at radius 1 is 1.41 bits per heavy atom. The van der Waals surface area contributed by atoms with Crippen LogP contribution < -0.4 is 0 Å². The molecule has 94 valence electrons. The summed E-state index contributed by atoms with van der Waals surface area (Å²) < 4.78 is 35.4. The molecule has 0 aliphatic carbocycles. The summed E-state index contributed by atoms with van der Waals surface area (Å²) in [6.07, 6.45) is -0.143. The normalized spacial score (nSPS) is 11.4. The number of hydrogen-bond donors (Lipinski definition) is 1. The van der Waals surface area contributed by atoms with Gasteiger partial charge in [0.1, 0.15) is 0 Å². The van der Waals surface area contributed by atoms with Crippen molar-refractivity contribution in [3.63, 3.8) is 0 Å². The summed E-state index contributed by atoms with van der Waals surface area (Å²) in [4.78, 5) is 10.4. The summed E-state index contributed by atoms with van der Waals surface area (Å²) in [7, 11) is -3.74. The number of carbonyl (C=O) groups is 1. The molecule has 0 amide bonds. The van der Waals surface area contributed by atoms with Crippen LogP contribution in [0.15, 0.2) is 23.1 Å². The average molecular weight is 281 g/mol. The zero-order chi connectivity index (χ0) is 13.1. The number of carboxylic acids is 1. The predicted octanol–water partition coefficient (Wildman–Crippen LogP) is 2.17. The van der Waals surface area contributed by atoms with Gasteiger partial charge < -0.3 is 5.11 Å². The van der Waals surface area contributed by atoms with E-state index < -0.39 is 28.2 Å². The lowest BCUT2D eigenvalue weighted by Gasteiger charge is -2.06. The van der Waals surface area contributed by atoms with Gasteiger partial charge in [0, 0.05) is 0 Å². The van der Waals surface area contributed by atoms with Crippen LogP contribution in [0.2, 0.25) is 5.02 Å². The molecule has 17 heavy (non-hydrogen) atoms. The summed E-state index contributed by atoms with van der Waals surface area (Å²) in [5, 5.41) is 8.68. The zero-order valence-corrected chi connectivity index (χ0v) is 10.3. The molecule has 0 heterocycles. The second kappa shape index (κ2) is 5.46. The van der Waals surface area contributed by atoms with E-state index in [-0.39, 0.29) is 21.9 Å². The van der Waals surface area contributed by atoms with E-state index in [0.29, 0.717) is 0 Å². The molecule has 0 aliphatic rings. The van der Waals surface area contributed by atoms with Crippen LogP contribution in [0.4, 0.5) is 4.39 Å². The van der Waals surface area contributed by atoms with Crippen LogP contribution in [-0.2, 0) is 9.84 Å². The third-order valence-corrected chi connectivity index (χ3v) is 4.34. The van der Waals surface area contributed by atoms with Crippen molar-refractivity contribution in [2.75, 3.05) is 12.4 Å². The molecule has 0 aliphatic heterocycles. The lowest BCUT2D eigenvalue weighted by molar-refractivity contribution is 0.0696. The maximum atomic E-state index is 12.0. The molecule has 0 atom stereocenters. The highest BCUT2D eigenvalue weighted by Gasteiger charge is 2.19. The SMILES string of the molecule is O=C(O)c1ccc(Cl)c(S(=O)(=O)CCCF)c1. The molecule has 0 radical (unpaired) electrons. The van der Waals surface area contributed by atoms with Crippen LogP contribution in [-0.4, -0.2) is 31.9 Å². The molecule has 1 aromatic carbocycles. The predicted molar refractivity (Wildman–Crippen MR) is 61.1 cm³/mol. The summed E-state index contributed by atoms with van der Waals surface area (Å²) in [5.41, 5.74) is -0.173. The fourth-order valence-corrected chi connectivity index (χ4v) is 3.08. The molecule has 0 fully saturated rings. The largest absolute Gasteiger partial charge is 0.478 e. The number of aromatic carboxylic acids is 1. The lowest BCUT2D eigenvalue weighted by atomic mass is 10.2. The van der Waals surface area contributed by atoms with Crippen molar-refractivity contribution in [3.05, 3.63) is 28.8 Å². The Balaban J connectivity index is 3.20. The van der Waals surface area contributed by atoms with E-state index in [4.69, 9.17) is 16.7 Å². The summed E-state index contributed by atoms with van der Waals surface area (Å²) in [5.74, 6) is -1.64. The molecular weight excluding hydrogens is 271 g/mol. The maximum absolute atomic E-state index is 12.0. The van der Waals surface area contributed by atoms with Crippen molar-refractivity contribution >= 4 is 27.4 Å². The van der Waals surface area contributed by atoms with Gasteiger partial charge >= 0.3 is 5.97 Å². The smallest absolute Gasteiger partial charge is 0.335 e. The maximum Gasteiger partial charge on any atom is 0.335 e. The Labute approximate surface area is 103 Å². The minimum atomic E-state index is -3.74. The Kier molecular flexibility index (Phi) is 4.47. The highest BCUT2D eigenvalue weighted by molar-refractivity contribution is 7.91. The van der Waals surface area contributed by atoms with Crippen molar-refractivity contribution in [1.82, 2.24) is 0 Å². The fourth-order valence-electron chi connectivity index (χ4n) is 1.23. The number of carboxylic acid groups (broad SMARTS) is 1. The molecule has 0 saturated carbocycles. The number of alkyl halides is 1. The second-order valence-electron chi connectivity index (χ2n) is 3.31. The number of sulfone groups is 1. The van der Waals surface area contributed by atoms with Gasteiger partial charge in [-0.15, -0.1) is 0 Å². The standard InChI is InChI=1S/C10H10ClFO4S/c11-8-3-2-7(10(13)14)6-9(8)17(15,16)5-1-4-12/h2-3,6H,1,4-5H2,(H,13,14). The van der Waals surface area contributed by atoms with Crippen molar-refractivity contribution in [3.8, 4) is 0 Å². The van der Waals surface area contributed by atoms with E-state index in [1.165, 1.54) is 12.1 Å². The van der Waals surface area contributed by atoms with Gasteiger partial charge in [0.2, 0.25) is 0 Å². The Morgan fingerprint density at radius 3 is 2.59 bits per heavy atom. The number of halogens is 2. The fraction of sp³-hybridized carbons (Fsp3) is 0.300.